The van der Waals surface area contributed by atoms with Crippen molar-refractivity contribution < 1.29 is 27.5 Å². The van der Waals surface area contributed by atoms with Gasteiger partial charge in [-0.25, -0.2) is 4.39 Å². The Kier molecular flexibility index (Phi) is 7.06. The molecule has 2 saturated heterocycles. The molecule has 3 aromatic rings. The molecule has 0 bridgehead atoms. The lowest BCUT2D eigenvalue weighted by Gasteiger charge is -2.39. The summed E-state index contributed by atoms with van der Waals surface area (Å²) in [5, 5.41) is 14.9. The highest BCUT2D eigenvalue weighted by Crippen LogP contribution is 2.42. The van der Waals surface area contributed by atoms with Crippen LogP contribution in [0.5, 0.6) is 0 Å². The van der Waals surface area contributed by atoms with Gasteiger partial charge in [0.05, 0.1) is 0 Å². The largest absolute Gasteiger partial charge is 0.480 e. The van der Waals surface area contributed by atoms with Crippen molar-refractivity contribution in [2.24, 2.45) is 5.41 Å². The molecule has 5 N–H and O–H groups in total. The zero-order valence-electron chi connectivity index (χ0n) is 20.9. The van der Waals surface area contributed by atoms with Crippen molar-refractivity contribution in [1.29, 1.82) is 0 Å². The van der Waals surface area contributed by atoms with Gasteiger partial charge in [0.15, 0.2) is 0 Å². The quantitative estimate of drug-likeness (QED) is 0.333. The summed E-state index contributed by atoms with van der Waals surface area (Å²) in [7, 11) is 0. The van der Waals surface area contributed by atoms with E-state index in [4.69, 9.17) is 5.73 Å². The van der Waals surface area contributed by atoms with Gasteiger partial charge in [0.25, 0.3) is 0 Å². The van der Waals surface area contributed by atoms with Crippen LogP contribution in [0.25, 0.3) is 11.1 Å². The van der Waals surface area contributed by atoms with E-state index in [9.17, 15) is 27.5 Å². The summed E-state index contributed by atoms with van der Waals surface area (Å²) in [6.07, 6.45) is -2.75. The smallest absolute Gasteiger partial charge is 0.412 e. The Bertz CT molecular complexity index is 1360. The topological polar surface area (TPSA) is 116 Å². The van der Waals surface area contributed by atoms with Gasteiger partial charge in [-0.15, -0.1) is 0 Å². The number of benzene rings is 2. The van der Waals surface area contributed by atoms with Crippen molar-refractivity contribution in [3.05, 3.63) is 66.0 Å². The predicted octanol–water partition coefficient (Wildman–Crippen LogP) is 4.61. The number of nitrogen functional groups attached to an aromatic ring is 1. The Labute approximate surface area is 222 Å². The molecule has 1 aromatic heterocycles. The van der Waals surface area contributed by atoms with E-state index in [1.54, 1.807) is 12.1 Å². The number of hydrogen-bond acceptors (Lipinski definition) is 7. The number of aliphatic carboxylic acids is 1. The first-order chi connectivity index (χ1) is 18.5. The van der Waals surface area contributed by atoms with Crippen LogP contribution in [0.2, 0.25) is 0 Å². The fraction of sp³-hybridized carbons (Fsp3) is 0.370. The highest BCUT2D eigenvalue weighted by molar-refractivity contribution is 5.74. The molecular formula is C27H28F4N6O2. The van der Waals surface area contributed by atoms with E-state index in [-0.39, 0.29) is 28.3 Å². The summed E-state index contributed by atoms with van der Waals surface area (Å²) < 4.78 is 57.1. The molecule has 2 atom stereocenters. The lowest BCUT2D eigenvalue weighted by Crippen LogP contribution is -2.41. The first kappa shape index (κ1) is 26.7. The summed E-state index contributed by atoms with van der Waals surface area (Å²) in [5.74, 6) is -1.31. The molecule has 12 heteroatoms. The van der Waals surface area contributed by atoms with Gasteiger partial charge in [-0.2, -0.15) is 23.1 Å². The number of nitrogens with one attached hydrogen (secondary N) is 2. The maximum Gasteiger partial charge on any atom is 0.412 e. The number of anilines is 3. The molecule has 5 rings (SSSR count). The third-order valence-corrected chi connectivity index (χ3v) is 7.56. The zero-order chi connectivity index (χ0) is 27.8. The molecule has 0 amide bonds. The zero-order valence-corrected chi connectivity index (χ0v) is 20.9. The first-order valence-corrected chi connectivity index (χ1v) is 12.6. The number of piperidine rings is 1. The van der Waals surface area contributed by atoms with Gasteiger partial charge >= 0.3 is 12.1 Å². The normalized spacial score (nSPS) is 19.7. The van der Waals surface area contributed by atoms with Crippen LogP contribution in [0, 0.1) is 11.2 Å². The van der Waals surface area contributed by atoms with E-state index in [1.807, 2.05) is 4.90 Å². The Hall–Kier alpha value is -3.93. The van der Waals surface area contributed by atoms with Crippen molar-refractivity contribution >= 4 is 23.6 Å². The fourth-order valence-corrected chi connectivity index (χ4v) is 5.52. The lowest BCUT2D eigenvalue weighted by molar-refractivity contribution is -0.144. The molecule has 3 heterocycles. The molecule has 2 aliphatic rings. The second-order valence-electron chi connectivity index (χ2n) is 10.1. The Morgan fingerprint density at radius 1 is 1.13 bits per heavy atom. The van der Waals surface area contributed by atoms with E-state index >= 15 is 0 Å². The third-order valence-electron chi connectivity index (χ3n) is 7.56. The van der Waals surface area contributed by atoms with Gasteiger partial charge in [0.1, 0.15) is 29.5 Å². The standard InChI is InChI=1S/C27H28F4N6O2/c28-17-5-3-4-16(12-17)18-6-1-2-7-19(18)23(27(29,30)31)34-21-13-22(36-25(32)35-21)37-10-8-26(9-11-37)14-20(24(38)39)33-15-26/h1-7,12-13,20,23,33H,8-11,14-15H2,(H,38,39)(H3,32,34,35,36)/t20-,23+/m0/s1. The summed E-state index contributed by atoms with van der Waals surface area (Å²) in [6.45, 7) is 1.71. The van der Waals surface area contributed by atoms with Crippen LogP contribution in [-0.2, 0) is 4.79 Å². The minimum absolute atomic E-state index is 0.0871. The minimum atomic E-state index is -4.71. The Balaban J connectivity index is 1.39. The number of carboxylic acids is 1. The molecule has 2 fully saturated rings. The Morgan fingerprint density at radius 3 is 2.54 bits per heavy atom. The van der Waals surface area contributed by atoms with E-state index in [2.05, 4.69) is 20.6 Å². The fourth-order valence-electron chi connectivity index (χ4n) is 5.52. The van der Waals surface area contributed by atoms with E-state index in [1.165, 1.54) is 42.5 Å². The number of rotatable bonds is 6. The highest BCUT2D eigenvalue weighted by atomic mass is 19.4. The van der Waals surface area contributed by atoms with Gasteiger partial charge in [-0.05, 0) is 53.5 Å². The summed E-state index contributed by atoms with van der Waals surface area (Å²) in [6, 6.07) is 10.1. The van der Waals surface area contributed by atoms with Gasteiger partial charge in [-0.1, -0.05) is 36.4 Å². The lowest BCUT2D eigenvalue weighted by atomic mass is 9.76. The molecule has 2 aromatic carbocycles. The molecule has 8 nitrogen and oxygen atoms in total. The van der Waals surface area contributed by atoms with Crippen molar-refractivity contribution in [3.8, 4) is 11.1 Å². The Morgan fingerprint density at radius 2 is 1.87 bits per heavy atom. The van der Waals surface area contributed by atoms with Gasteiger partial charge in [0.2, 0.25) is 5.95 Å². The number of nitrogens with two attached hydrogens (primary N) is 1. The molecule has 1 spiro atoms. The second kappa shape index (κ2) is 10.3. The molecular weight excluding hydrogens is 516 g/mol. The maximum atomic E-state index is 14.4. The summed E-state index contributed by atoms with van der Waals surface area (Å²) >= 11 is 0. The van der Waals surface area contributed by atoms with Crippen molar-refractivity contribution in [2.75, 3.05) is 35.6 Å². The highest BCUT2D eigenvalue weighted by Gasteiger charge is 2.44. The van der Waals surface area contributed by atoms with Crippen molar-refractivity contribution in [2.45, 2.75) is 37.5 Å². The van der Waals surface area contributed by atoms with E-state index in [0.717, 1.165) is 0 Å². The average molecular weight is 545 g/mol. The monoisotopic (exact) mass is 544 g/mol. The number of alkyl halides is 3. The molecule has 0 radical (unpaired) electrons. The van der Waals surface area contributed by atoms with Crippen LogP contribution < -0.4 is 21.3 Å². The van der Waals surface area contributed by atoms with Crippen molar-refractivity contribution in [1.82, 2.24) is 15.3 Å². The first-order valence-electron chi connectivity index (χ1n) is 12.6. The molecule has 2 aliphatic heterocycles. The predicted molar refractivity (Wildman–Crippen MR) is 139 cm³/mol. The number of aromatic nitrogens is 2. The van der Waals surface area contributed by atoms with Crippen LogP contribution in [-0.4, -0.2) is 52.9 Å². The van der Waals surface area contributed by atoms with Gasteiger partial charge in [-0.3, -0.25) is 4.79 Å². The van der Waals surface area contributed by atoms with Crippen LogP contribution in [0.4, 0.5) is 35.1 Å². The number of halogens is 4. The minimum Gasteiger partial charge on any atom is -0.480 e. The van der Waals surface area contributed by atoms with E-state index < -0.39 is 30.0 Å². The SMILES string of the molecule is Nc1nc(N[C@H](c2ccccc2-c2cccc(F)c2)C(F)(F)F)cc(N2CCC3(CC2)CN[C@H](C(=O)O)C3)n1. The second-order valence-corrected chi connectivity index (χ2v) is 10.1. The van der Waals surface area contributed by atoms with Crippen LogP contribution in [0.1, 0.15) is 30.9 Å². The van der Waals surface area contributed by atoms with Gasteiger partial charge < -0.3 is 26.4 Å². The summed E-state index contributed by atoms with van der Waals surface area (Å²) in [5.41, 5.74) is 6.24. The number of carboxylic acid groups (broad SMARTS) is 1. The molecule has 0 aliphatic carbocycles. The molecule has 206 valence electrons. The average Bonchev–Trinajstić information content (AvgIpc) is 3.30. The van der Waals surface area contributed by atoms with E-state index in [0.29, 0.717) is 50.3 Å². The van der Waals surface area contributed by atoms with Crippen molar-refractivity contribution in [3.63, 3.8) is 0 Å². The summed E-state index contributed by atoms with van der Waals surface area (Å²) in [4.78, 5) is 21.6. The molecule has 0 saturated carbocycles. The maximum absolute atomic E-state index is 14.4. The number of hydrogen-bond donors (Lipinski definition) is 4. The number of carbonyl (C=O) groups is 1. The molecule has 0 unspecified atom stereocenters. The number of nitrogens with zero attached hydrogens (tertiary/aromatic N) is 3. The third kappa shape index (κ3) is 5.75. The molecule has 39 heavy (non-hydrogen) atoms. The van der Waals surface area contributed by atoms with Crippen LogP contribution in [0.15, 0.2) is 54.6 Å². The van der Waals surface area contributed by atoms with Crippen LogP contribution >= 0.6 is 0 Å². The van der Waals surface area contributed by atoms with Gasteiger partial charge in [0, 0.05) is 25.7 Å². The van der Waals surface area contributed by atoms with Crippen LogP contribution in [0.3, 0.4) is 0 Å².